The summed E-state index contributed by atoms with van der Waals surface area (Å²) in [6, 6.07) is 6.92. The number of fused-ring (bicyclic) bond motifs is 1. The molecule has 1 aliphatic rings. The molecule has 1 amide bonds. The Labute approximate surface area is 245 Å². The molecule has 1 aromatic carbocycles. The first-order chi connectivity index (χ1) is 19.7. The van der Waals surface area contributed by atoms with Gasteiger partial charge in [0.1, 0.15) is 19.0 Å². The van der Waals surface area contributed by atoms with Gasteiger partial charge in [0, 0.05) is 25.2 Å². The van der Waals surface area contributed by atoms with Crippen molar-refractivity contribution in [2.75, 3.05) is 11.9 Å². The maximum absolute atomic E-state index is 14.1. The van der Waals surface area contributed by atoms with Crippen LogP contribution in [0.25, 0.3) is 11.0 Å². The number of ether oxygens (including phenoxy) is 1. The van der Waals surface area contributed by atoms with Gasteiger partial charge < -0.3 is 9.84 Å². The molecule has 1 N–H and O–H groups in total. The summed E-state index contributed by atoms with van der Waals surface area (Å²) in [6.07, 6.45) is 1.44. The van der Waals surface area contributed by atoms with Crippen LogP contribution in [0.2, 0.25) is 0 Å². The van der Waals surface area contributed by atoms with Crippen LogP contribution in [0.15, 0.2) is 30.5 Å². The Morgan fingerprint density at radius 3 is 2.48 bits per heavy atom. The van der Waals surface area contributed by atoms with E-state index in [1.807, 2.05) is 7.05 Å². The Balaban J connectivity index is 1.72. The monoisotopic (exact) mass is 579 g/mol. The van der Waals surface area contributed by atoms with Gasteiger partial charge in [-0.3, -0.25) is 14.7 Å². The molecule has 0 unspecified atom stereocenters. The first kappa shape index (κ1) is 31.3. The highest BCUT2D eigenvalue weighted by Crippen LogP contribution is 2.35. The summed E-state index contributed by atoms with van der Waals surface area (Å²) in [6.45, 7) is 7.33. The van der Waals surface area contributed by atoms with Crippen LogP contribution in [0, 0.1) is 12.8 Å². The molecule has 1 aliphatic carbocycles. The number of aromatic nitrogens is 3. The van der Waals surface area contributed by atoms with E-state index in [0.717, 1.165) is 36.1 Å². The van der Waals surface area contributed by atoms with Crippen molar-refractivity contribution >= 4 is 47.9 Å². The van der Waals surface area contributed by atoms with Gasteiger partial charge in [-0.05, 0) is 89.6 Å². The van der Waals surface area contributed by atoms with Crippen LogP contribution >= 0.6 is 0 Å². The van der Waals surface area contributed by atoms with E-state index in [2.05, 4.69) is 19.9 Å². The molecule has 222 valence electrons. The van der Waals surface area contributed by atoms with E-state index in [1.54, 1.807) is 58.2 Å². The molecule has 0 atom stereocenters. The lowest BCUT2D eigenvalue weighted by atomic mass is 9.83. The number of alkyl halides is 2. The van der Waals surface area contributed by atoms with Crippen molar-refractivity contribution in [3.8, 4) is 0 Å². The second-order valence-corrected chi connectivity index (χ2v) is 11.9. The van der Waals surface area contributed by atoms with Crippen LogP contribution in [0.3, 0.4) is 0 Å². The fourth-order valence-electron chi connectivity index (χ4n) is 5.35. The van der Waals surface area contributed by atoms with Gasteiger partial charge in [0.25, 0.3) is 6.43 Å². The standard InChI is InChI=1S/C30H36BF2N5O4/c1-17-21(31)7-6-8-23(17)38(29(41)42-30(2,3)4)28-25-22(35-27(36-28)26(32)33)13-19(15-34-25)16-37(5)20-11-9-18(10-12-20)14-24(39)40/h6-8,13,15,18,20,26H,9-12,14,16H2,1-5H3,(H,39,40). The average molecular weight is 579 g/mol. The van der Waals surface area contributed by atoms with Gasteiger partial charge in [-0.1, -0.05) is 17.6 Å². The van der Waals surface area contributed by atoms with Crippen LogP contribution in [0.5, 0.6) is 0 Å². The number of carboxylic acid groups (broad SMARTS) is 1. The quantitative estimate of drug-likeness (QED) is 0.344. The van der Waals surface area contributed by atoms with Crippen molar-refractivity contribution < 1.29 is 28.2 Å². The number of hydrogen-bond acceptors (Lipinski definition) is 7. The lowest BCUT2D eigenvalue weighted by Crippen LogP contribution is -2.36. The molecule has 1 fully saturated rings. The number of aliphatic carboxylic acids is 1. The van der Waals surface area contributed by atoms with Gasteiger partial charge in [-0.25, -0.2) is 28.4 Å². The van der Waals surface area contributed by atoms with Crippen LogP contribution in [0.1, 0.15) is 76.3 Å². The van der Waals surface area contributed by atoms with E-state index in [-0.39, 0.29) is 35.2 Å². The number of benzene rings is 1. The average Bonchev–Trinajstić information content (AvgIpc) is 2.90. The number of rotatable bonds is 8. The number of carbonyl (C=O) groups is 2. The van der Waals surface area contributed by atoms with Gasteiger partial charge in [-0.2, -0.15) is 0 Å². The number of hydrogen-bond donors (Lipinski definition) is 1. The second-order valence-electron chi connectivity index (χ2n) is 11.9. The molecule has 0 spiro atoms. The summed E-state index contributed by atoms with van der Waals surface area (Å²) < 4.78 is 33.8. The zero-order valence-corrected chi connectivity index (χ0v) is 24.6. The Bertz CT molecular complexity index is 1460. The van der Waals surface area contributed by atoms with Gasteiger partial charge in [0.15, 0.2) is 11.6 Å². The minimum Gasteiger partial charge on any atom is -0.481 e. The minimum atomic E-state index is -3.00. The Morgan fingerprint density at radius 2 is 1.86 bits per heavy atom. The molecule has 2 radical (unpaired) electrons. The molecule has 2 aromatic heterocycles. The summed E-state index contributed by atoms with van der Waals surface area (Å²) in [5, 5.41) is 9.09. The van der Waals surface area contributed by atoms with Gasteiger partial charge >= 0.3 is 12.1 Å². The van der Waals surface area contributed by atoms with Crippen molar-refractivity contribution in [1.29, 1.82) is 0 Å². The van der Waals surface area contributed by atoms with E-state index < -0.39 is 29.9 Å². The van der Waals surface area contributed by atoms with Gasteiger partial charge in [0.05, 0.1) is 11.2 Å². The Hall–Kier alpha value is -3.67. The van der Waals surface area contributed by atoms with Gasteiger partial charge in [0.2, 0.25) is 0 Å². The molecule has 0 aliphatic heterocycles. The fraction of sp³-hybridized carbons (Fsp3) is 0.500. The summed E-state index contributed by atoms with van der Waals surface area (Å²) in [4.78, 5) is 40.7. The normalized spacial score (nSPS) is 17.5. The third-order valence-electron chi connectivity index (χ3n) is 7.50. The molecule has 3 aromatic rings. The first-order valence-corrected chi connectivity index (χ1v) is 14.0. The van der Waals surface area contributed by atoms with Crippen LogP contribution in [-0.2, 0) is 16.1 Å². The Morgan fingerprint density at radius 1 is 1.17 bits per heavy atom. The fourth-order valence-corrected chi connectivity index (χ4v) is 5.35. The highest BCUT2D eigenvalue weighted by molar-refractivity contribution is 6.34. The van der Waals surface area contributed by atoms with Gasteiger partial charge in [-0.15, -0.1) is 0 Å². The number of carbonyl (C=O) groups excluding carboxylic acids is 1. The number of anilines is 2. The molecule has 12 heteroatoms. The highest BCUT2D eigenvalue weighted by atomic mass is 19.3. The van der Waals surface area contributed by atoms with Crippen molar-refractivity contribution in [2.45, 2.75) is 84.4 Å². The molecule has 1 saturated carbocycles. The van der Waals surface area contributed by atoms with Crippen LogP contribution in [-0.4, -0.2) is 63.6 Å². The summed E-state index contributed by atoms with van der Waals surface area (Å²) >= 11 is 0. The maximum Gasteiger partial charge on any atom is 0.420 e. The predicted molar refractivity (Wildman–Crippen MR) is 157 cm³/mol. The van der Waals surface area contributed by atoms with E-state index in [9.17, 15) is 18.4 Å². The highest BCUT2D eigenvalue weighted by Gasteiger charge is 2.31. The lowest BCUT2D eigenvalue weighted by Gasteiger charge is -2.34. The topological polar surface area (TPSA) is 109 Å². The zero-order chi connectivity index (χ0) is 30.8. The van der Waals surface area contributed by atoms with Crippen molar-refractivity contribution in [3.63, 3.8) is 0 Å². The zero-order valence-electron chi connectivity index (χ0n) is 24.6. The number of carboxylic acids is 1. The lowest BCUT2D eigenvalue weighted by molar-refractivity contribution is -0.138. The molecular formula is C30H36BF2N5O4. The van der Waals surface area contributed by atoms with Crippen molar-refractivity contribution in [3.05, 3.63) is 47.4 Å². The van der Waals surface area contributed by atoms with E-state index in [0.29, 0.717) is 23.3 Å². The molecule has 4 rings (SSSR count). The molecule has 0 bridgehead atoms. The molecule has 2 heterocycles. The smallest absolute Gasteiger partial charge is 0.420 e. The van der Waals surface area contributed by atoms with Crippen molar-refractivity contribution in [2.24, 2.45) is 5.92 Å². The molecular weight excluding hydrogens is 543 g/mol. The largest absolute Gasteiger partial charge is 0.481 e. The Kier molecular flexibility index (Phi) is 9.45. The maximum atomic E-state index is 14.1. The summed E-state index contributed by atoms with van der Waals surface area (Å²) in [7, 11) is 8.11. The SMILES string of the molecule is [B]c1cccc(N(C(=O)OC(C)(C)C)c2nc(C(F)F)nc3cc(CN(C)C4CCC(CC(=O)O)CC4)cnc23)c1C. The van der Waals surface area contributed by atoms with E-state index in [1.165, 1.54) is 0 Å². The molecule has 0 saturated heterocycles. The number of nitrogens with zero attached hydrogens (tertiary/aromatic N) is 5. The van der Waals surface area contributed by atoms with Crippen LogP contribution < -0.4 is 10.4 Å². The van der Waals surface area contributed by atoms with Crippen LogP contribution in [0.4, 0.5) is 25.1 Å². The van der Waals surface area contributed by atoms with E-state index in [4.69, 9.17) is 17.7 Å². The van der Waals surface area contributed by atoms with Crippen molar-refractivity contribution in [1.82, 2.24) is 19.9 Å². The van der Waals surface area contributed by atoms with E-state index >= 15 is 0 Å². The summed E-state index contributed by atoms with van der Waals surface area (Å²) in [5.41, 5.74) is 1.48. The summed E-state index contributed by atoms with van der Waals surface area (Å²) in [5.74, 6) is -1.45. The minimum absolute atomic E-state index is 0.130. The number of pyridine rings is 1. The third-order valence-corrected chi connectivity index (χ3v) is 7.50. The number of amides is 1. The molecule has 42 heavy (non-hydrogen) atoms. The number of halogens is 2. The predicted octanol–water partition coefficient (Wildman–Crippen LogP) is 5.60. The second kappa shape index (κ2) is 12.7. The molecule has 9 nitrogen and oxygen atoms in total. The first-order valence-electron chi connectivity index (χ1n) is 14.0. The third kappa shape index (κ3) is 7.39.